The summed E-state index contributed by atoms with van der Waals surface area (Å²) in [5.74, 6) is 1.79. The van der Waals surface area contributed by atoms with Gasteiger partial charge in [-0.05, 0) is 88.6 Å². The van der Waals surface area contributed by atoms with Crippen molar-refractivity contribution >= 4 is 11.0 Å². The Labute approximate surface area is 210 Å². The Bertz CT molecular complexity index is 1110. The molecule has 1 aliphatic carbocycles. The summed E-state index contributed by atoms with van der Waals surface area (Å²) in [4.78, 5) is 15.1. The molecule has 6 heteroatoms. The van der Waals surface area contributed by atoms with Gasteiger partial charge < -0.3 is 14.6 Å². The van der Waals surface area contributed by atoms with Crippen molar-refractivity contribution in [1.82, 2.24) is 24.3 Å². The van der Waals surface area contributed by atoms with Crippen LogP contribution in [0.4, 0.5) is 0 Å². The molecule has 0 amide bonds. The third-order valence-corrected chi connectivity index (χ3v) is 8.01. The van der Waals surface area contributed by atoms with Crippen LogP contribution in [0.1, 0.15) is 69.1 Å². The largest absolute Gasteiger partial charge is 0.396 e. The van der Waals surface area contributed by atoms with Gasteiger partial charge in [0, 0.05) is 38.5 Å². The summed E-state index contributed by atoms with van der Waals surface area (Å²) in [6.07, 6.45) is 8.66. The first-order valence-electron chi connectivity index (χ1n) is 13.6. The Morgan fingerprint density at radius 1 is 1.11 bits per heavy atom. The Kier molecular flexibility index (Phi) is 7.81. The van der Waals surface area contributed by atoms with Crippen molar-refractivity contribution in [2.24, 2.45) is 5.92 Å². The van der Waals surface area contributed by atoms with E-state index in [9.17, 15) is 5.11 Å². The zero-order valence-corrected chi connectivity index (χ0v) is 21.4. The summed E-state index contributed by atoms with van der Waals surface area (Å²) in [6.45, 7) is 9.88. The van der Waals surface area contributed by atoms with Crippen molar-refractivity contribution in [2.45, 2.75) is 77.5 Å². The van der Waals surface area contributed by atoms with E-state index in [-0.39, 0.29) is 12.6 Å². The standard InChI is InChI=1S/C29H41N5O/c1-22(2)32-16-7-9-23(19-32)20-34-26-13-4-3-12-25(26)31-28(34)21-33(17-8-18-35)27-14-5-10-24-11-6-15-30-29(24)27/h3-4,6,11-13,15,22-23,27,35H,5,7-10,14,16-21H2,1-2H3/t23-,27-/m0/s1. The maximum atomic E-state index is 9.66. The number of aryl methyl sites for hydroxylation is 1. The van der Waals surface area contributed by atoms with E-state index in [2.05, 4.69) is 64.6 Å². The predicted molar refractivity (Wildman–Crippen MR) is 141 cm³/mol. The first-order chi connectivity index (χ1) is 17.1. The Hall–Kier alpha value is -2.28. The van der Waals surface area contributed by atoms with E-state index in [0.29, 0.717) is 12.0 Å². The van der Waals surface area contributed by atoms with Crippen molar-refractivity contribution in [1.29, 1.82) is 0 Å². The minimum atomic E-state index is 0.210. The molecule has 6 nitrogen and oxygen atoms in total. The molecule has 1 saturated heterocycles. The van der Waals surface area contributed by atoms with E-state index in [1.807, 2.05) is 6.20 Å². The number of piperidine rings is 1. The van der Waals surface area contributed by atoms with E-state index < -0.39 is 0 Å². The second-order valence-electron chi connectivity index (χ2n) is 10.7. The lowest BCUT2D eigenvalue weighted by molar-refractivity contribution is 0.126. The zero-order chi connectivity index (χ0) is 24.2. The smallest absolute Gasteiger partial charge is 0.124 e. The zero-order valence-electron chi connectivity index (χ0n) is 21.4. The molecule has 1 aromatic carbocycles. The molecule has 0 saturated carbocycles. The number of pyridine rings is 1. The number of para-hydroxylation sites is 2. The number of aliphatic hydroxyl groups is 1. The maximum Gasteiger partial charge on any atom is 0.124 e. The topological polar surface area (TPSA) is 57.4 Å². The van der Waals surface area contributed by atoms with Gasteiger partial charge in [-0.3, -0.25) is 9.88 Å². The number of aromatic nitrogens is 3. The number of rotatable bonds is 9. The van der Waals surface area contributed by atoms with E-state index in [1.165, 1.54) is 42.6 Å². The average Bonchev–Trinajstić information content (AvgIpc) is 3.23. The third kappa shape index (κ3) is 5.45. The highest BCUT2D eigenvalue weighted by Gasteiger charge is 2.29. The molecule has 2 atom stereocenters. The van der Waals surface area contributed by atoms with E-state index in [1.54, 1.807) is 0 Å². The molecule has 0 bridgehead atoms. The van der Waals surface area contributed by atoms with Crippen molar-refractivity contribution in [3.8, 4) is 0 Å². The Morgan fingerprint density at radius 3 is 2.86 bits per heavy atom. The van der Waals surface area contributed by atoms with Crippen LogP contribution in [-0.2, 0) is 19.5 Å². The molecule has 1 aliphatic heterocycles. The van der Waals surface area contributed by atoms with Crippen LogP contribution in [0.3, 0.4) is 0 Å². The molecule has 0 radical (unpaired) electrons. The molecular weight excluding hydrogens is 434 g/mol. The third-order valence-electron chi connectivity index (χ3n) is 8.01. The van der Waals surface area contributed by atoms with Gasteiger partial charge in [0.15, 0.2) is 0 Å². The van der Waals surface area contributed by atoms with Gasteiger partial charge >= 0.3 is 0 Å². The van der Waals surface area contributed by atoms with Crippen molar-refractivity contribution in [3.05, 3.63) is 59.7 Å². The summed E-state index contributed by atoms with van der Waals surface area (Å²) in [6, 6.07) is 13.8. The van der Waals surface area contributed by atoms with Crippen LogP contribution in [-0.4, -0.2) is 61.7 Å². The first-order valence-corrected chi connectivity index (χ1v) is 13.6. The lowest BCUT2D eigenvalue weighted by Crippen LogP contribution is -2.41. The van der Waals surface area contributed by atoms with Crippen LogP contribution in [0, 0.1) is 5.92 Å². The second-order valence-corrected chi connectivity index (χ2v) is 10.7. The number of benzene rings is 1. The molecule has 2 aromatic heterocycles. The summed E-state index contributed by atoms with van der Waals surface area (Å²) in [5, 5.41) is 9.66. The summed E-state index contributed by atoms with van der Waals surface area (Å²) in [7, 11) is 0. The van der Waals surface area contributed by atoms with Gasteiger partial charge in [-0.2, -0.15) is 0 Å². The van der Waals surface area contributed by atoms with Gasteiger partial charge in [0.1, 0.15) is 5.82 Å². The van der Waals surface area contributed by atoms with Crippen LogP contribution >= 0.6 is 0 Å². The van der Waals surface area contributed by atoms with Gasteiger partial charge in [-0.25, -0.2) is 4.98 Å². The number of hydrogen-bond donors (Lipinski definition) is 1. The van der Waals surface area contributed by atoms with Crippen LogP contribution in [0.2, 0.25) is 0 Å². The van der Waals surface area contributed by atoms with Gasteiger partial charge in [0.2, 0.25) is 0 Å². The quantitative estimate of drug-likeness (QED) is 0.481. The summed E-state index contributed by atoms with van der Waals surface area (Å²) >= 11 is 0. The second kappa shape index (κ2) is 11.2. The highest BCUT2D eigenvalue weighted by atomic mass is 16.3. The molecular formula is C29H41N5O. The molecule has 5 rings (SSSR count). The molecule has 35 heavy (non-hydrogen) atoms. The minimum absolute atomic E-state index is 0.210. The number of likely N-dealkylation sites (tertiary alicyclic amines) is 1. The van der Waals surface area contributed by atoms with Gasteiger partial charge in [0.25, 0.3) is 0 Å². The number of fused-ring (bicyclic) bond motifs is 2. The molecule has 1 N–H and O–H groups in total. The molecule has 188 valence electrons. The monoisotopic (exact) mass is 475 g/mol. The summed E-state index contributed by atoms with van der Waals surface area (Å²) < 4.78 is 2.50. The van der Waals surface area contributed by atoms with Gasteiger partial charge in [-0.1, -0.05) is 18.2 Å². The fraction of sp³-hybridized carbons (Fsp3) is 0.586. The van der Waals surface area contributed by atoms with Crippen molar-refractivity contribution in [3.63, 3.8) is 0 Å². The van der Waals surface area contributed by atoms with Crippen LogP contribution in [0.5, 0.6) is 0 Å². The number of aliphatic hydroxyl groups excluding tert-OH is 1. The fourth-order valence-corrected chi connectivity index (χ4v) is 6.16. The Balaban J connectivity index is 1.45. The highest BCUT2D eigenvalue weighted by Crippen LogP contribution is 2.34. The predicted octanol–water partition coefficient (Wildman–Crippen LogP) is 4.81. The van der Waals surface area contributed by atoms with Crippen molar-refractivity contribution in [2.75, 3.05) is 26.2 Å². The molecule has 2 aliphatic rings. The van der Waals surface area contributed by atoms with E-state index in [0.717, 1.165) is 56.8 Å². The van der Waals surface area contributed by atoms with Crippen LogP contribution in [0.25, 0.3) is 11.0 Å². The van der Waals surface area contributed by atoms with Gasteiger partial charge in [-0.15, -0.1) is 0 Å². The minimum Gasteiger partial charge on any atom is -0.396 e. The maximum absolute atomic E-state index is 9.66. The Morgan fingerprint density at radius 2 is 2.00 bits per heavy atom. The molecule has 3 aromatic rings. The van der Waals surface area contributed by atoms with E-state index in [4.69, 9.17) is 9.97 Å². The van der Waals surface area contributed by atoms with Crippen LogP contribution in [0.15, 0.2) is 42.6 Å². The molecule has 0 unspecified atom stereocenters. The lowest BCUT2D eigenvalue weighted by Gasteiger charge is -2.36. The number of nitrogens with zero attached hydrogens (tertiary/aromatic N) is 5. The normalized spacial score (nSPS) is 21.2. The molecule has 0 spiro atoms. The van der Waals surface area contributed by atoms with Gasteiger partial charge in [0.05, 0.1) is 29.3 Å². The van der Waals surface area contributed by atoms with Crippen molar-refractivity contribution < 1.29 is 5.11 Å². The molecule has 1 fully saturated rings. The molecule has 3 heterocycles. The highest BCUT2D eigenvalue weighted by molar-refractivity contribution is 5.75. The average molecular weight is 476 g/mol. The number of hydrogen-bond acceptors (Lipinski definition) is 5. The SMILES string of the molecule is CC(C)N1CCC[C@H](Cn2c(CN(CCCO)[C@H]3CCCc4cccnc43)nc3ccccc32)C1. The summed E-state index contributed by atoms with van der Waals surface area (Å²) in [5.41, 5.74) is 4.93. The fourth-order valence-electron chi connectivity index (χ4n) is 6.16. The first kappa shape index (κ1) is 24.4. The lowest BCUT2D eigenvalue weighted by atomic mass is 9.90. The van der Waals surface area contributed by atoms with E-state index >= 15 is 0 Å². The number of imidazole rings is 1. The van der Waals surface area contributed by atoms with Crippen LogP contribution < -0.4 is 0 Å².